The zero-order valence-corrected chi connectivity index (χ0v) is 10.4. The maximum absolute atomic E-state index is 11.4. The summed E-state index contributed by atoms with van der Waals surface area (Å²) in [5.41, 5.74) is 1.64. The Kier molecular flexibility index (Phi) is 4.88. The second-order valence-electron chi connectivity index (χ2n) is 3.84. The van der Waals surface area contributed by atoms with Crippen LogP contribution in [0.5, 0.6) is 0 Å². The fourth-order valence-corrected chi connectivity index (χ4v) is 1.50. The Hall–Kier alpha value is -2.35. The number of nitrogens with one attached hydrogen (secondary N) is 2. The lowest BCUT2D eigenvalue weighted by molar-refractivity contribution is -0.118. The van der Waals surface area contributed by atoms with Crippen molar-refractivity contribution >= 4 is 17.4 Å². The predicted octanol–water partition coefficient (Wildman–Crippen LogP) is 1.31. The van der Waals surface area contributed by atoms with Gasteiger partial charge in [-0.1, -0.05) is 0 Å². The molecule has 5 heteroatoms. The van der Waals surface area contributed by atoms with Crippen molar-refractivity contribution in [1.29, 1.82) is 5.26 Å². The van der Waals surface area contributed by atoms with Gasteiger partial charge in [-0.15, -0.1) is 0 Å². The van der Waals surface area contributed by atoms with E-state index in [0.717, 1.165) is 0 Å². The fraction of sp³-hybridized carbons (Fsp3) is 0.308. The van der Waals surface area contributed by atoms with Crippen LogP contribution in [0.2, 0.25) is 0 Å². The molecule has 0 aliphatic rings. The van der Waals surface area contributed by atoms with Gasteiger partial charge in [0.2, 0.25) is 5.91 Å². The van der Waals surface area contributed by atoms with Crippen LogP contribution in [0, 0.1) is 11.3 Å². The van der Waals surface area contributed by atoms with Gasteiger partial charge in [0.05, 0.1) is 11.6 Å². The summed E-state index contributed by atoms with van der Waals surface area (Å²) < 4.78 is 0. The Morgan fingerprint density at radius 1 is 1.28 bits per heavy atom. The van der Waals surface area contributed by atoms with Gasteiger partial charge in [-0.25, -0.2) is 0 Å². The molecule has 0 aromatic heterocycles. The van der Waals surface area contributed by atoms with Crippen molar-refractivity contribution < 1.29 is 9.59 Å². The Morgan fingerprint density at radius 2 is 2.00 bits per heavy atom. The highest BCUT2D eigenvalue weighted by atomic mass is 16.1. The SMILES string of the molecule is CC(=O)NCCNc1cc(C#N)ccc1C(C)=O. The Balaban J connectivity index is 2.75. The van der Waals surface area contributed by atoms with E-state index in [1.165, 1.54) is 13.8 Å². The molecule has 5 nitrogen and oxygen atoms in total. The van der Waals surface area contributed by atoms with Gasteiger partial charge >= 0.3 is 0 Å². The molecule has 2 N–H and O–H groups in total. The highest BCUT2D eigenvalue weighted by Gasteiger charge is 2.07. The van der Waals surface area contributed by atoms with E-state index in [9.17, 15) is 9.59 Å². The van der Waals surface area contributed by atoms with Gasteiger partial charge in [0, 0.05) is 31.3 Å². The number of nitrogens with zero attached hydrogens (tertiary/aromatic N) is 1. The maximum Gasteiger partial charge on any atom is 0.216 e. The molecule has 1 aromatic rings. The van der Waals surface area contributed by atoms with Crippen LogP contribution in [0.15, 0.2) is 18.2 Å². The maximum atomic E-state index is 11.4. The molecule has 0 bridgehead atoms. The number of hydrogen-bond acceptors (Lipinski definition) is 4. The van der Waals surface area contributed by atoms with Crippen molar-refractivity contribution in [3.05, 3.63) is 29.3 Å². The minimum Gasteiger partial charge on any atom is -0.383 e. The number of hydrogen-bond donors (Lipinski definition) is 2. The molecule has 94 valence electrons. The molecule has 0 saturated carbocycles. The highest BCUT2D eigenvalue weighted by molar-refractivity contribution is 5.99. The average Bonchev–Trinajstić information content (AvgIpc) is 2.33. The molecule has 0 spiro atoms. The molecule has 0 aliphatic heterocycles. The normalized spacial score (nSPS) is 9.39. The van der Waals surface area contributed by atoms with Gasteiger partial charge in [0.25, 0.3) is 0 Å². The Labute approximate surface area is 106 Å². The van der Waals surface area contributed by atoms with Crippen LogP contribution in [-0.4, -0.2) is 24.8 Å². The summed E-state index contributed by atoms with van der Waals surface area (Å²) in [5, 5.41) is 14.5. The second-order valence-corrected chi connectivity index (χ2v) is 3.84. The summed E-state index contributed by atoms with van der Waals surface area (Å²) in [4.78, 5) is 22.1. The number of rotatable bonds is 5. The number of nitriles is 1. The summed E-state index contributed by atoms with van der Waals surface area (Å²) in [6.07, 6.45) is 0. The predicted molar refractivity (Wildman–Crippen MR) is 68.3 cm³/mol. The van der Waals surface area contributed by atoms with Crippen LogP contribution in [-0.2, 0) is 4.79 Å². The minimum atomic E-state index is -0.102. The van der Waals surface area contributed by atoms with Crippen LogP contribution in [0.4, 0.5) is 5.69 Å². The molecule has 18 heavy (non-hydrogen) atoms. The van der Waals surface area contributed by atoms with Crippen LogP contribution < -0.4 is 10.6 Å². The molecule has 0 fully saturated rings. The van der Waals surface area contributed by atoms with Gasteiger partial charge in [0.15, 0.2) is 5.78 Å². The van der Waals surface area contributed by atoms with E-state index in [1.54, 1.807) is 18.2 Å². The lowest BCUT2D eigenvalue weighted by Crippen LogP contribution is -2.26. The first-order valence-corrected chi connectivity index (χ1v) is 5.58. The summed E-state index contributed by atoms with van der Waals surface area (Å²) >= 11 is 0. The number of anilines is 1. The summed E-state index contributed by atoms with van der Waals surface area (Å²) in [7, 11) is 0. The molecule has 0 atom stereocenters. The number of benzene rings is 1. The Bertz CT molecular complexity index is 503. The molecular weight excluding hydrogens is 230 g/mol. The first-order chi connectivity index (χ1) is 8.54. The van der Waals surface area contributed by atoms with Crippen LogP contribution >= 0.6 is 0 Å². The zero-order chi connectivity index (χ0) is 13.5. The van der Waals surface area contributed by atoms with Gasteiger partial charge in [-0.2, -0.15) is 5.26 Å². The van der Waals surface area contributed by atoms with Gasteiger partial charge in [0.1, 0.15) is 0 Å². The number of Topliss-reactive ketones (excluding diaryl/α,β-unsaturated/α-hetero) is 1. The first-order valence-electron chi connectivity index (χ1n) is 5.58. The quantitative estimate of drug-likeness (QED) is 0.605. The van der Waals surface area contributed by atoms with Crippen molar-refractivity contribution in [2.24, 2.45) is 0 Å². The summed E-state index contributed by atoms with van der Waals surface area (Å²) in [6, 6.07) is 6.88. The number of ketones is 1. The molecule has 0 heterocycles. The fourth-order valence-electron chi connectivity index (χ4n) is 1.50. The molecular formula is C13H15N3O2. The molecule has 1 rings (SSSR count). The van der Waals surface area contributed by atoms with Gasteiger partial charge in [-0.3, -0.25) is 9.59 Å². The van der Waals surface area contributed by atoms with E-state index in [-0.39, 0.29) is 11.7 Å². The highest BCUT2D eigenvalue weighted by Crippen LogP contribution is 2.17. The number of carbonyl (C=O) groups is 2. The summed E-state index contributed by atoms with van der Waals surface area (Å²) in [5.74, 6) is -0.170. The third kappa shape index (κ3) is 3.91. The van der Waals surface area contributed by atoms with Crippen molar-refractivity contribution in [1.82, 2.24) is 5.32 Å². The smallest absolute Gasteiger partial charge is 0.216 e. The van der Waals surface area contributed by atoms with Crippen molar-refractivity contribution in [3.8, 4) is 6.07 Å². The average molecular weight is 245 g/mol. The zero-order valence-electron chi connectivity index (χ0n) is 10.4. The van der Waals surface area contributed by atoms with Crippen LogP contribution in [0.1, 0.15) is 29.8 Å². The van der Waals surface area contributed by atoms with Gasteiger partial charge < -0.3 is 10.6 Å². The topological polar surface area (TPSA) is 82.0 Å². The summed E-state index contributed by atoms with van der Waals surface area (Å²) in [6.45, 7) is 3.87. The number of carbonyl (C=O) groups excluding carboxylic acids is 2. The molecule has 0 unspecified atom stereocenters. The van der Waals surface area contributed by atoms with E-state index in [4.69, 9.17) is 5.26 Å². The van der Waals surface area contributed by atoms with E-state index < -0.39 is 0 Å². The first kappa shape index (κ1) is 13.7. The van der Waals surface area contributed by atoms with E-state index in [0.29, 0.717) is 29.9 Å². The molecule has 0 saturated heterocycles. The molecule has 1 aromatic carbocycles. The standard InChI is InChI=1S/C13H15N3O2/c1-9(17)12-4-3-11(8-14)7-13(12)16-6-5-15-10(2)18/h3-4,7,16H,5-6H2,1-2H3,(H,15,18). The lowest BCUT2D eigenvalue weighted by atomic mass is 10.1. The third-order valence-electron chi connectivity index (χ3n) is 2.34. The molecule has 1 amide bonds. The van der Waals surface area contributed by atoms with Crippen LogP contribution in [0.25, 0.3) is 0 Å². The largest absolute Gasteiger partial charge is 0.383 e. The minimum absolute atomic E-state index is 0.0680. The van der Waals surface area contributed by atoms with Crippen molar-refractivity contribution in [2.75, 3.05) is 18.4 Å². The second kappa shape index (κ2) is 6.40. The number of amides is 1. The molecule has 0 radical (unpaired) electrons. The van der Waals surface area contributed by atoms with Crippen LogP contribution in [0.3, 0.4) is 0 Å². The van der Waals surface area contributed by atoms with E-state index >= 15 is 0 Å². The van der Waals surface area contributed by atoms with Crippen molar-refractivity contribution in [2.45, 2.75) is 13.8 Å². The molecule has 0 aliphatic carbocycles. The van der Waals surface area contributed by atoms with Gasteiger partial charge in [-0.05, 0) is 25.1 Å². The van der Waals surface area contributed by atoms with E-state index in [1.807, 2.05) is 6.07 Å². The Morgan fingerprint density at radius 3 is 2.56 bits per heavy atom. The van der Waals surface area contributed by atoms with Crippen molar-refractivity contribution in [3.63, 3.8) is 0 Å². The third-order valence-corrected chi connectivity index (χ3v) is 2.34. The van der Waals surface area contributed by atoms with E-state index in [2.05, 4.69) is 10.6 Å². The monoisotopic (exact) mass is 245 g/mol. The lowest BCUT2D eigenvalue weighted by Gasteiger charge is -2.10.